The highest BCUT2D eigenvalue weighted by atomic mass is 16.5. The van der Waals surface area contributed by atoms with E-state index in [1.54, 1.807) is 6.08 Å². The van der Waals surface area contributed by atoms with Crippen LogP contribution in [0.2, 0.25) is 0 Å². The van der Waals surface area contributed by atoms with Crippen molar-refractivity contribution in [1.29, 1.82) is 0 Å². The lowest BCUT2D eigenvalue weighted by atomic mass is 10.0. The lowest BCUT2D eigenvalue weighted by molar-refractivity contribution is -0.143. The molecule has 1 rings (SSSR count). The van der Waals surface area contributed by atoms with Crippen molar-refractivity contribution in [2.45, 2.75) is 25.9 Å². The van der Waals surface area contributed by atoms with Gasteiger partial charge in [-0.15, -0.1) is 0 Å². The van der Waals surface area contributed by atoms with Gasteiger partial charge in [-0.3, -0.25) is 4.79 Å². The molecule has 0 bridgehead atoms. The zero-order valence-corrected chi connectivity index (χ0v) is 16.4. The third-order valence-electron chi connectivity index (χ3n) is 3.81. The van der Waals surface area contributed by atoms with Crippen LogP contribution in [-0.2, 0) is 39.9 Å². The summed E-state index contributed by atoms with van der Waals surface area (Å²) in [5, 5.41) is 0. The van der Waals surface area contributed by atoms with Crippen LogP contribution in [0.15, 0.2) is 53.6 Å². The third kappa shape index (κ3) is 8.18. The molecule has 0 aromatic heterocycles. The molecule has 152 valence electrons. The summed E-state index contributed by atoms with van der Waals surface area (Å²) in [6.45, 7) is 1.03. The average molecular weight is 390 g/mol. The van der Waals surface area contributed by atoms with Crippen LogP contribution in [0.4, 0.5) is 0 Å². The van der Waals surface area contributed by atoms with Crippen molar-refractivity contribution in [3.05, 3.63) is 59.2 Å². The van der Waals surface area contributed by atoms with Gasteiger partial charge in [-0.1, -0.05) is 42.5 Å². The summed E-state index contributed by atoms with van der Waals surface area (Å²) in [7, 11) is 3.58. The van der Waals surface area contributed by atoms with Gasteiger partial charge < -0.3 is 18.9 Å². The van der Waals surface area contributed by atoms with Gasteiger partial charge >= 0.3 is 17.9 Å². The molecular weight excluding hydrogens is 364 g/mol. The van der Waals surface area contributed by atoms with Gasteiger partial charge in [0.05, 0.1) is 52.1 Å². The number of benzene rings is 1. The van der Waals surface area contributed by atoms with E-state index in [2.05, 4.69) is 9.47 Å². The maximum absolute atomic E-state index is 12.1. The van der Waals surface area contributed by atoms with Crippen LogP contribution in [0.1, 0.15) is 24.8 Å². The lowest BCUT2D eigenvalue weighted by Crippen LogP contribution is -2.18. The van der Waals surface area contributed by atoms with E-state index in [9.17, 15) is 14.4 Å². The largest absolute Gasteiger partial charge is 0.469 e. The Morgan fingerprint density at radius 2 is 1.50 bits per heavy atom. The van der Waals surface area contributed by atoms with Crippen LogP contribution < -0.4 is 0 Å². The van der Waals surface area contributed by atoms with E-state index in [0.717, 1.165) is 5.56 Å². The molecule has 0 aliphatic rings. The monoisotopic (exact) mass is 390 g/mol. The first kappa shape index (κ1) is 23.1. The molecule has 7 heteroatoms. The topological polar surface area (TPSA) is 88.1 Å². The quantitative estimate of drug-likeness (QED) is 0.189. The summed E-state index contributed by atoms with van der Waals surface area (Å²) in [5.41, 5.74) is 1.07. The molecule has 0 radical (unpaired) electrons. The molecule has 28 heavy (non-hydrogen) atoms. The first-order valence-electron chi connectivity index (χ1n) is 8.75. The molecule has 0 unspecified atom stereocenters. The molecule has 0 aliphatic carbocycles. The number of carbonyl (C=O) groups is 3. The Hall–Kier alpha value is -2.93. The van der Waals surface area contributed by atoms with Gasteiger partial charge in [0, 0.05) is 0 Å². The number of hydrogen-bond donors (Lipinski definition) is 0. The van der Waals surface area contributed by atoms with Crippen molar-refractivity contribution in [3.8, 4) is 0 Å². The minimum atomic E-state index is -0.773. The van der Waals surface area contributed by atoms with Crippen LogP contribution in [0.5, 0.6) is 0 Å². The van der Waals surface area contributed by atoms with Gasteiger partial charge in [0.15, 0.2) is 0 Å². The second-order valence-electron chi connectivity index (χ2n) is 5.70. The number of rotatable bonds is 11. The Balaban J connectivity index is 2.68. The van der Waals surface area contributed by atoms with E-state index in [-0.39, 0.29) is 24.0 Å². The second-order valence-corrected chi connectivity index (χ2v) is 5.70. The van der Waals surface area contributed by atoms with Gasteiger partial charge in [0.2, 0.25) is 0 Å². The second kappa shape index (κ2) is 13.3. The molecule has 0 N–H and O–H groups in total. The normalized spacial score (nSPS) is 11.7. The molecule has 0 aliphatic heterocycles. The Bertz CT molecular complexity index is 705. The van der Waals surface area contributed by atoms with Gasteiger partial charge in [-0.2, -0.15) is 0 Å². The predicted octanol–water partition coefficient (Wildman–Crippen LogP) is 2.75. The number of hydrogen-bond acceptors (Lipinski definition) is 7. The SMILES string of the molecule is COC(=O)C/C(C(=O)OC)=C(/C/C=C\CCOCc1ccccc1)C(=O)OC. The van der Waals surface area contributed by atoms with Crippen molar-refractivity contribution >= 4 is 17.9 Å². The standard InChI is InChI=1S/C21H26O7/c1-25-19(22)14-18(21(24)27-3)17(20(23)26-2)12-8-5-9-13-28-15-16-10-6-4-7-11-16/h4-8,10-11H,9,12-15H2,1-3H3/b8-5-,18-17+. The highest BCUT2D eigenvalue weighted by Crippen LogP contribution is 2.18. The molecule has 0 fully saturated rings. The summed E-state index contributed by atoms with van der Waals surface area (Å²) < 4.78 is 19.6. The van der Waals surface area contributed by atoms with E-state index in [1.165, 1.54) is 21.3 Å². The highest BCUT2D eigenvalue weighted by molar-refractivity contribution is 6.03. The van der Waals surface area contributed by atoms with E-state index in [4.69, 9.17) is 9.47 Å². The fourth-order valence-electron chi connectivity index (χ4n) is 2.33. The zero-order chi connectivity index (χ0) is 20.8. The van der Waals surface area contributed by atoms with Gasteiger partial charge in [0.25, 0.3) is 0 Å². The van der Waals surface area contributed by atoms with Crippen LogP contribution in [0.25, 0.3) is 0 Å². The fraction of sp³-hybridized carbons (Fsp3) is 0.381. The molecule has 1 aromatic carbocycles. The van der Waals surface area contributed by atoms with Crippen LogP contribution >= 0.6 is 0 Å². The van der Waals surface area contributed by atoms with Crippen molar-refractivity contribution in [2.75, 3.05) is 27.9 Å². The van der Waals surface area contributed by atoms with Crippen molar-refractivity contribution in [1.82, 2.24) is 0 Å². The summed E-state index contributed by atoms with van der Waals surface area (Å²) in [6, 6.07) is 9.82. The van der Waals surface area contributed by atoms with Crippen molar-refractivity contribution in [2.24, 2.45) is 0 Å². The highest BCUT2D eigenvalue weighted by Gasteiger charge is 2.24. The molecule has 0 saturated heterocycles. The average Bonchev–Trinajstić information content (AvgIpc) is 2.73. The predicted molar refractivity (Wildman–Crippen MR) is 102 cm³/mol. The molecule has 0 amide bonds. The van der Waals surface area contributed by atoms with E-state index >= 15 is 0 Å². The molecule has 1 aromatic rings. The number of esters is 3. The molecule has 0 spiro atoms. The summed E-state index contributed by atoms with van der Waals surface area (Å²) in [4.78, 5) is 35.6. The molecular formula is C21H26O7. The maximum atomic E-state index is 12.1. The van der Waals surface area contributed by atoms with E-state index in [0.29, 0.717) is 19.6 Å². The number of carbonyl (C=O) groups excluding carboxylic acids is 3. The van der Waals surface area contributed by atoms with E-state index < -0.39 is 17.9 Å². The Morgan fingerprint density at radius 1 is 0.857 bits per heavy atom. The van der Waals surface area contributed by atoms with Gasteiger partial charge in [-0.25, -0.2) is 9.59 Å². The van der Waals surface area contributed by atoms with Crippen LogP contribution in [0.3, 0.4) is 0 Å². The third-order valence-corrected chi connectivity index (χ3v) is 3.81. The molecule has 7 nitrogen and oxygen atoms in total. The maximum Gasteiger partial charge on any atom is 0.334 e. The van der Waals surface area contributed by atoms with Gasteiger partial charge in [-0.05, 0) is 18.4 Å². The number of methoxy groups -OCH3 is 3. The summed E-state index contributed by atoms with van der Waals surface area (Å²) in [6.07, 6.45) is 3.93. The molecule has 0 atom stereocenters. The summed E-state index contributed by atoms with van der Waals surface area (Å²) >= 11 is 0. The van der Waals surface area contributed by atoms with Crippen LogP contribution in [-0.4, -0.2) is 45.8 Å². The minimum Gasteiger partial charge on any atom is -0.469 e. The number of ether oxygens (including phenoxy) is 4. The molecule has 0 heterocycles. The van der Waals surface area contributed by atoms with E-state index in [1.807, 2.05) is 36.4 Å². The lowest BCUT2D eigenvalue weighted by Gasteiger charge is -2.10. The van der Waals surface area contributed by atoms with Crippen molar-refractivity contribution < 1.29 is 33.3 Å². The van der Waals surface area contributed by atoms with Crippen molar-refractivity contribution in [3.63, 3.8) is 0 Å². The Labute approximate surface area is 164 Å². The zero-order valence-electron chi connectivity index (χ0n) is 16.4. The summed E-state index contributed by atoms with van der Waals surface area (Å²) in [5.74, 6) is -2.13. The molecule has 0 saturated carbocycles. The Kier molecular flexibility index (Phi) is 11.0. The smallest absolute Gasteiger partial charge is 0.334 e. The van der Waals surface area contributed by atoms with Crippen LogP contribution in [0, 0.1) is 0 Å². The minimum absolute atomic E-state index is 0.0567. The van der Waals surface area contributed by atoms with Gasteiger partial charge in [0.1, 0.15) is 0 Å². The first-order valence-corrected chi connectivity index (χ1v) is 8.75. The fourth-order valence-corrected chi connectivity index (χ4v) is 2.33. The first-order chi connectivity index (χ1) is 13.5. The number of allylic oxidation sites excluding steroid dienone is 1. The Morgan fingerprint density at radius 3 is 2.11 bits per heavy atom.